The summed E-state index contributed by atoms with van der Waals surface area (Å²) >= 11 is 0. The molecule has 2 aliphatic rings. The fourth-order valence-corrected chi connectivity index (χ4v) is 2.06. The number of ether oxygens (including phenoxy) is 1. The first-order valence-electron chi connectivity index (χ1n) is 5.43. The Morgan fingerprint density at radius 3 is 2.79 bits per heavy atom. The Morgan fingerprint density at radius 2 is 2.21 bits per heavy atom. The lowest BCUT2D eigenvalue weighted by Crippen LogP contribution is -2.39. The zero-order valence-corrected chi connectivity index (χ0v) is 8.78. The van der Waals surface area contributed by atoms with Crippen LogP contribution >= 0.6 is 0 Å². The van der Waals surface area contributed by atoms with Crippen molar-refractivity contribution in [1.29, 1.82) is 0 Å². The summed E-state index contributed by atoms with van der Waals surface area (Å²) in [6, 6.07) is 0.361. The van der Waals surface area contributed by atoms with Crippen molar-refractivity contribution < 1.29 is 4.74 Å². The van der Waals surface area contributed by atoms with Crippen molar-refractivity contribution in [3.05, 3.63) is 0 Å². The van der Waals surface area contributed by atoms with Crippen LogP contribution in [-0.4, -0.2) is 43.2 Å². The summed E-state index contributed by atoms with van der Waals surface area (Å²) in [5.74, 6) is 0.886. The molecule has 0 aromatic carbocycles. The van der Waals surface area contributed by atoms with E-state index >= 15 is 0 Å². The summed E-state index contributed by atoms with van der Waals surface area (Å²) in [7, 11) is 0. The summed E-state index contributed by atoms with van der Waals surface area (Å²) in [5.41, 5.74) is 5.46. The van der Waals surface area contributed by atoms with Crippen LogP contribution in [0.15, 0.2) is 4.99 Å². The molecule has 0 amide bonds. The van der Waals surface area contributed by atoms with E-state index in [4.69, 9.17) is 10.5 Å². The maximum Gasteiger partial charge on any atom is 0.282 e. The van der Waals surface area contributed by atoms with Gasteiger partial charge < -0.3 is 10.5 Å². The van der Waals surface area contributed by atoms with Crippen LogP contribution in [0.25, 0.3) is 0 Å². The van der Waals surface area contributed by atoms with E-state index in [1.807, 2.05) is 0 Å². The molecule has 1 unspecified atom stereocenters. The van der Waals surface area contributed by atoms with Gasteiger partial charge in [-0.15, -0.1) is 0 Å². The molecule has 2 aliphatic heterocycles. The molecule has 4 heteroatoms. The second kappa shape index (κ2) is 4.17. The Labute approximate surface area is 85.1 Å². The van der Waals surface area contributed by atoms with E-state index < -0.39 is 0 Å². The van der Waals surface area contributed by atoms with Gasteiger partial charge in [0.15, 0.2) is 0 Å². The number of likely N-dealkylation sites (tertiary alicyclic amines) is 1. The standard InChI is InChI=1S/C10H19N3O/c1-8-2-4-13(5-3-8)7-9-6-12-10(11)14-9/h8-9H,2-7H2,1H3,(H2,11,12). The number of nitrogens with two attached hydrogens (primary N) is 1. The van der Waals surface area contributed by atoms with Gasteiger partial charge in [-0.25, -0.2) is 4.99 Å². The van der Waals surface area contributed by atoms with E-state index in [2.05, 4.69) is 16.8 Å². The predicted octanol–water partition coefficient (Wildman–Crippen LogP) is 0.432. The van der Waals surface area contributed by atoms with E-state index in [0.717, 1.165) is 19.0 Å². The topological polar surface area (TPSA) is 50.8 Å². The lowest BCUT2D eigenvalue weighted by atomic mass is 9.99. The zero-order valence-electron chi connectivity index (χ0n) is 8.78. The van der Waals surface area contributed by atoms with Gasteiger partial charge in [0.2, 0.25) is 0 Å². The number of aliphatic imine (C=N–C) groups is 1. The lowest BCUT2D eigenvalue weighted by Gasteiger charge is -2.31. The first kappa shape index (κ1) is 9.77. The third kappa shape index (κ3) is 2.38. The molecule has 80 valence electrons. The molecule has 2 heterocycles. The van der Waals surface area contributed by atoms with Crippen molar-refractivity contribution in [3.63, 3.8) is 0 Å². The van der Waals surface area contributed by atoms with Crippen molar-refractivity contribution in [2.45, 2.75) is 25.9 Å². The Balaban J connectivity index is 1.71. The molecule has 1 atom stereocenters. The Bertz CT molecular complexity index is 221. The van der Waals surface area contributed by atoms with E-state index in [1.54, 1.807) is 0 Å². The molecule has 1 fully saturated rings. The van der Waals surface area contributed by atoms with Gasteiger partial charge in [0.05, 0.1) is 6.54 Å². The van der Waals surface area contributed by atoms with E-state index in [1.165, 1.54) is 25.9 Å². The van der Waals surface area contributed by atoms with E-state index in [-0.39, 0.29) is 6.10 Å². The molecular weight excluding hydrogens is 178 g/mol. The second-order valence-electron chi connectivity index (χ2n) is 4.40. The average Bonchev–Trinajstić information content (AvgIpc) is 2.56. The molecule has 0 bridgehead atoms. The minimum Gasteiger partial charge on any atom is -0.459 e. The van der Waals surface area contributed by atoms with Gasteiger partial charge in [0.1, 0.15) is 6.10 Å². The fraction of sp³-hybridized carbons (Fsp3) is 0.900. The van der Waals surface area contributed by atoms with Gasteiger partial charge in [-0.1, -0.05) is 6.92 Å². The van der Waals surface area contributed by atoms with Gasteiger partial charge in [-0.05, 0) is 31.8 Å². The summed E-state index contributed by atoms with van der Waals surface area (Å²) in [5, 5.41) is 0. The molecule has 14 heavy (non-hydrogen) atoms. The van der Waals surface area contributed by atoms with E-state index in [9.17, 15) is 0 Å². The number of rotatable bonds is 2. The zero-order chi connectivity index (χ0) is 9.97. The molecule has 0 aromatic rings. The monoisotopic (exact) mass is 197 g/mol. The number of hydrogen-bond donors (Lipinski definition) is 1. The van der Waals surface area contributed by atoms with Crippen LogP contribution in [-0.2, 0) is 4.74 Å². The van der Waals surface area contributed by atoms with Crippen molar-refractivity contribution in [3.8, 4) is 0 Å². The largest absolute Gasteiger partial charge is 0.459 e. The molecule has 0 saturated carbocycles. The minimum atomic E-state index is 0.198. The summed E-state index contributed by atoms with van der Waals surface area (Å²) in [4.78, 5) is 6.50. The second-order valence-corrected chi connectivity index (χ2v) is 4.40. The summed E-state index contributed by atoms with van der Waals surface area (Å²) in [6.07, 6.45) is 2.81. The van der Waals surface area contributed by atoms with Gasteiger partial charge >= 0.3 is 0 Å². The summed E-state index contributed by atoms with van der Waals surface area (Å²) < 4.78 is 5.38. The van der Waals surface area contributed by atoms with Gasteiger partial charge in [0, 0.05) is 6.54 Å². The smallest absolute Gasteiger partial charge is 0.282 e. The van der Waals surface area contributed by atoms with Crippen LogP contribution in [0.3, 0.4) is 0 Å². The number of nitrogens with zero attached hydrogens (tertiary/aromatic N) is 2. The highest BCUT2D eigenvalue weighted by Gasteiger charge is 2.23. The van der Waals surface area contributed by atoms with Crippen molar-refractivity contribution in [2.24, 2.45) is 16.6 Å². The molecule has 0 aromatic heterocycles. The Hall–Kier alpha value is -0.770. The quantitative estimate of drug-likeness (QED) is 0.698. The molecule has 0 spiro atoms. The van der Waals surface area contributed by atoms with Crippen LogP contribution in [0.2, 0.25) is 0 Å². The third-order valence-electron chi connectivity index (χ3n) is 3.08. The van der Waals surface area contributed by atoms with Gasteiger partial charge in [-0.2, -0.15) is 0 Å². The Morgan fingerprint density at radius 1 is 1.50 bits per heavy atom. The van der Waals surface area contributed by atoms with Crippen molar-refractivity contribution >= 4 is 6.02 Å². The normalized spacial score (nSPS) is 30.1. The summed E-state index contributed by atoms with van der Waals surface area (Å²) in [6.45, 7) is 6.43. The van der Waals surface area contributed by atoms with Crippen LogP contribution in [0.4, 0.5) is 0 Å². The maximum absolute atomic E-state index is 5.46. The highest BCUT2D eigenvalue weighted by atomic mass is 16.5. The number of hydrogen-bond acceptors (Lipinski definition) is 4. The number of amidine groups is 1. The maximum atomic E-state index is 5.46. The SMILES string of the molecule is CC1CCN(CC2CN=C(N)O2)CC1. The van der Waals surface area contributed by atoms with Gasteiger partial charge in [0.25, 0.3) is 6.02 Å². The molecule has 1 saturated heterocycles. The Kier molecular flexibility index (Phi) is 2.91. The van der Waals surface area contributed by atoms with Crippen molar-refractivity contribution in [2.75, 3.05) is 26.2 Å². The average molecular weight is 197 g/mol. The van der Waals surface area contributed by atoms with Crippen LogP contribution in [0.5, 0.6) is 0 Å². The molecule has 0 radical (unpaired) electrons. The number of piperidine rings is 1. The van der Waals surface area contributed by atoms with Crippen molar-refractivity contribution in [1.82, 2.24) is 4.90 Å². The third-order valence-corrected chi connectivity index (χ3v) is 3.08. The molecular formula is C10H19N3O. The highest BCUT2D eigenvalue weighted by Crippen LogP contribution is 2.17. The molecule has 4 nitrogen and oxygen atoms in total. The first-order chi connectivity index (χ1) is 6.74. The van der Waals surface area contributed by atoms with Crippen LogP contribution in [0, 0.1) is 5.92 Å². The van der Waals surface area contributed by atoms with Crippen LogP contribution in [0.1, 0.15) is 19.8 Å². The van der Waals surface area contributed by atoms with E-state index in [0.29, 0.717) is 6.02 Å². The lowest BCUT2D eigenvalue weighted by molar-refractivity contribution is 0.116. The van der Waals surface area contributed by atoms with Crippen LogP contribution < -0.4 is 5.73 Å². The molecule has 2 N–H and O–H groups in total. The van der Waals surface area contributed by atoms with Gasteiger partial charge in [-0.3, -0.25) is 4.90 Å². The fourth-order valence-electron chi connectivity index (χ4n) is 2.06. The molecule has 2 rings (SSSR count). The first-order valence-corrected chi connectivity index (χ1v) is 5.43. The minimum absolute atomic E-state index is 0.198. The molecule has 0 aliphatic carbocycles. The predicted molar refractivity (Wildman–Crippen MR) is 56.2 cm³/mol. The highest BCUT2D eigenvalue weighted by molar-refractivity contribution is 5.73.